The Morgan fingerprint density at radius 2 is 2.07 bits per heavy atom. The molecule has 0 aliphatic carbocycles. The van der Waals surface area contributed by atoms with Gasteiger partial charge in [-0.3, -0.25) is 9.59 Å². The Labute approximate surface area is 174 Å². The quantitative estimate of drug-likeness (QED) is 0.738. The van der Waals surface area contributed by atoms with Crippen LogP contribution >= 0.6 is 11.3 Å². The van der Waals surface area contributed by atoms with Crippen LogP contribution in [-0.2, 0) is 9.59 Å². The first-order valence-electron chi connectivity index (χ1n) is 9.89. The summed E-state index contributed by atoms with van der Waals surface area (Å²) >= 11 is 1.45. The number of thiophene rings is 1. The molecule has 0 spiro atoms. The number of aliphatic hydroxyl groups is 1. The number of ether oxygens (including phenoxy) is 1. The lowest BCUT2D eigenvalue weighted by Gasteiger charge is -2.34. The lowest BCUT2D eigenvalue weighted by molar-refractivity contribution is -0.120. The molecule has 7 heteroatoms. The van der Waals surface area contributed by atoms with E-state index in [4.69, 9.17) is 4.74 Å². The molecule has 1 aromatic heterocycles. The first-order valence-corrected chi connectivity index (χ1v) is 10.8. The Balaban J connectivity index is 1.75. The van der Waals surface area contributed by atoms with Gasteiger partial charge in [0.2, 0.25) is 0 Å². The maximum absolute atomic E-state index is 13.5. The number of carbonyl (C=O) groups is 2. The van der Waals surface area contributed by atoms with Crippen LogP contribution in [0.1, 0.15) is 24.6 Å². The molecule has 2 aliphatic heterocycles. The van der Waals surface area contributed by atoms with E-state index < -0.39 is 0 Å². The maximum Gasteiger partial charge on any atom is 0.282 e. The normalized spacial score (nSPS) is 20.0. The molecule has 3 heterocycles. The van der Waals surface area contributed by atoms with Gasteiger partial charge < -0.3 is 14.7 Å². The van der Waals surface area contributed by atoms with Crippen molar-refractivity contribution in [1.29, 1.82) is 0 Å². The Morgan fingerprint density at radius 1 is 1.21 bits per heavy atom. The maximum atomic E-state index is 13.5. The van der Waals surface area contributed by atoms with Gasteiger partial charge in [0, 0.05) is 30.6 Å². The fourth-order valence-corrected chi connectivity index (χ4v) is 4.75. The highest BCUT2D eigenvalue weighted by Gasteiger charge is 2.43. The fraction of sp³-hybridized carbons (Fsp3) is 0.364. The fourth-order valence-electron chi connectivity index (χ4n) is 3.99. The summed E-state index contributed by atoms with van der Waals surface area (Å²) in [4.78, 5) is 30.9. The Kier molecular flexibility index (Phi) is 5.69. The van der Waals surface area contributed by atoms with E-state index in [9.17, 15) is 14.7 Å². The average Bonchev–Trinajstić information content (AvgIpc) is 3.34. The van der Waals surface area contributed by atoms with Crippen LogP contribution in [0.4, 0.5) is 5.69 Å². The van der Waals surface area contributed by atoms with Crippen molar-refractivity contribution >= 4 is 34.4 Å². The molecule has 6 nitrogen and oxygen atoms in total. The predicted molar refractivity (Wildman–Crippen MR) is 113 cm³/mol. The third-order valence-electron chi connectivity index (χ3n) is 5.31. The molecular weight excluding hydrogens is 388 g/mol. The van der Waals surface area contributed by atoms with Crippen molar-refractivity contribution in [3.8, 4) is 5.75 Å². The molecule has 1 unspecified atom stereocenters. The van der Waals surface area contributed by atoms with Crippen LogP contribution in [-0.4, -0.2) is 48.1 Å². The molecule has 0 saturated carbocycles. The summed E-state index contributed by atoms with van der Waals surface area (Å²) in [6.07, 6.45) is 1.81. The van der Waals surface area contributed by atoms with E-state index in [0.29, 0.717) is 42.4 Å². The number of hydrogen-bond donors (Lipinski definition) is 1. The van der Waals surface area contributed by atoms with Crippen molar-refractivity contribution in [2.45, 2.75) is 19.8 Å². The second kappa shape index (κ2) is 8.39. The van der Waals surface area contributed by atoms with Crippen molar-refractivity contribution in [3.05, 3.63) is 52.4 Å². The van der Waals surface area contributed by atoms with Gasteiger partial charge in [-0.2, -0.15) is 0 Å². The van der Waals surface area contributed by atoms with E-state index in [1.807, 2.05) is 35.4 Å². The lowest BCUT2D eigenvalue weighted by atomic mass is 9.98. The van der Waals surface area contributed by atoms with E-state index in [1.165, 1.54) is 16.2 Å². The van der Waals surface area contributed by atoms with Crippen LogP contribution in [0.3, 0.4) is 0 Å². The van der Waals surface area contributed by atoms with Gasteiger partial charge in [-0.05, 0) is 49.3 Å². The number of nitrogens with zero attached hydrogens (tertiary/aromatic N) is 2. The van der Waals surface area contributed by atoms with E-state index in [-0.39, 0.29) is 24.3 Å². The van der Waals surface area contributed by atoms with Crippen molar-refractivity contribution in [1.82, 2.24) is 4.90 Å². The second-order valence-corrected chi connectivity index (χ2v) is 8.16. The lowest BCUT2D eigenvalue weighted by Crippen LogP contribution is -2.40. The van der Waals surface area contributed by atoms with Crippen molar-refractivity contribution in [2.75, 3.05) is 31.2 Å². The van der Waals surface area contributed by atoms with Crippen molar-refractivity contribution in [2.24, 2.45) is 5.92 Å². The summed E-state index contributed by atoms with van der Waals surface area (Å²) in [5.74, 6) is 0.104. The summed E-state index contributed by atoms with van der Waals surface area (Å²) in [7, 11) is 0. The van der Waals surface area contributed by atoms with Crippen LogP contribution in [0.2, 0.25) is 0 Å². The second-order valence-electron chi connectivity index (χ2n) is 7.21. The molecule has 152 valence electrons. The summed E-state index contributed by atoms with van der Waals surface area (Å²) in [5.41, 5.74) is 1.40. The molecule has 1 N–H and O–H groups in total. The summed E-state index contributed by atoms with van der Waals surface area (Å²) < 4.78 is 5.55. The number of carbonyl (C=O) groups excluding carboxylic acids is 2. The first-order chi connectivity index (χ1) is 14.1. The summed E-state index contributed by atoms with van der Waals surface area (Å²) in [6, 6.07) is 10.8. The highest BCUT2D eigenvalue weighted by Crippen LogP contribution is 2.38. The van der Waals surface area contributed by atoms with E-state index >= 15 is 0 Å². The molecule has 0 radical (unpaired) electrons. The summed E-state index contributed by atoms with van der Waals surface area (Å²) in [6.45, 7) is 3.76. The summed E-state index contributed by atoms with van der Waals surface area (Å²) in [5, 5.41) is 11.5. The molecule has 0 bridgehead atoms. The van der Waals surface area contributed by atoms with Gasteiger partial charge in [-0.15, -0.1) is 11.3 Å². The van der Waals surface area contributed by atoms with E-state index in [1.54, 1.807) is 18.2 Å². The number of imide groups is 1. The number of amides is 2. The minimum absolute atomic E-state index is 0.0837. The van der Waals surface area contributed by atoms with Crippen molar-refractivity contribution in [3.63, 3.8) is 0 Å². The Bertz CT molecular complexity index is 938. The van der Waals surface area contributed by atoms with Gasteiger partial charge in [0.05, 0.1) is 17.9 Å². The minimum Gasteiger partial charge on any atom is -0.494 e. The van der Waals surface area contributed by atoms with E-state index in [0.717, 1.165) is 17.7 Å². The predicted octanol–water partition coefficient (Wildman–Crippen LogP) is 3.14. The Morgan fingerprint density at radius 3 is 2.79 bits per heavy atom. The van der Waals surface area contributed by atoms with Crippen LogP contribution < -0.4 is 9.64 Å². The number of likely N-dealkylation sites (tertiary alicyclic amines) is 1. The molecule has 1 aromatic carbocycles. The molecule has 1 atom stereocenters. The number of piperidine rings is 1. The third-order valence-corrected chi connectivity index (χ3v) is 6.19. The number of hydrogen-bond acceptors (Lipinski definition) is 6. The van der Waals surface area contributed by atoms with Crippen LogP contribution in [0, 0.1) is 5.92 Å². The zero-order valence-corrected chi connectivity index (χ0v) is 17.2. The minimum atomic E-state index is -0.314. The SMILES string of the molecule is CCOc1cccc(N2C(=O)C(c3cccs3)=C(N3CCCC(CO)C3)C2=O)c1. The van der Waals surface area contributed by atoms with Gasteiger partial charge >= 0.3 is 0 Å². The van der Waals surface area contributed by atoms with Gasteiger partial charge in [0.1, 0.15) is 11.4 Å². The van der Waals surface area contributed by atoms with Gasteiger partial charge in [0.15, 0.2) is 0 Å². The zero-order chi connectivity index (χ0) is 20.4. The molecule has 2 amide bonds. The first kappa shape index (κ1) is 19.7. The van der Waals surface area contributed by atoms with Gasteiger partial charge in [0.25, 0.3) is 11.8 Å². The third kappa shape index (κ3) is 3.68. The van der Waals surface area contributed by atoms with Crippen LogP contribution in [0.5, 0.6) is 5.75 Å². The number of rotatable bonds is 6. The smallest absolute Gasteiger partial charge is 0.282 e. The highest BCUT2D eigenvalue weighted by atomic mass is 32.1. The van der Waals surface area contributed by atoms with Gasteiger partial charge in [-0.25, -0.2) is 4.90 Å². The molecule has 29 heavy (non-hydrogen) atoms. The van der Waals surface area contributed by atoms with Crippen molar-refractivity contribution < 1.29 is 19.4 Å². The molecule has 2 aromatic rings. The number of aliphatic hydroxyl groups excluding tert-OH is 1. The zero-order valence-electron chi connectivity index (χ0n) is 16.3. The highest BCUT2D eigenvalue weighted by molar-refractivity contribution is 7.11. The van der Waals surface area contributed by atoms with Crippen LogP contribution in [0.25, 0.3) is 5.57 Å². The van der Waals surface area contributed by atoms with E-state index in [2.05, 4.69) is 0 Å². The van der Waals surface area contributed by atoms with Gasteiger partial charge in [-0.1, -0.05) is 12.1 Å². The standard InChI is InChI=1S/C22H24N2O4S/c1-2-28-17-8-3-7-16(12-17)24-21(26)19(18-9-5-11-29-18)20(22(24)27)23-10-4-6-15(13-23)14-25/h3,5,7-9,11-12,15,25H,2,4,6,10,13-14H2,1H3. The number of anilines is 1. The topological polar surface area (TPSA) is 70.1 Å². The monoisotopic (exact) mass is 412 g/mol. The molecule has 1 fully saturated rings. The molecular formula is C22H24N2O4S. The Hall–Kier alpha value is -2.64. The molecule has 4 rings (SSSR count). The largest absolute Gasteiger partial charge is 0.494 e. The van der Waals surface area contributed by atoms with Crippen LogP contribution in [0.15, 0.2) is 47.5 Å². The average molecular weight is 413 g/mol. The number of benzene rings is 1. The molecule has 2 aliphatic rings. The molecule has 1 saturated heterocycles.